The Kier molecular flexibility index (Phi) is 6.28. The highest BCUT2D eigenvalue weighted by Gasteiger charge is 2.48. The number of halogens is 1. The smallest absolute Gasteiger partial charge is 0.301 e. The first-order chi connectivity index (χ1) is 17.3. The predicted molar refractivity (Wildman–Crippen MR) is 143 cm³/mol. The van der Waals surface area contributed by atoms with E-state index in [4.69, 9.17) is 21.3 Å². The fraction of sp³-hybridized carbons (Fsp3) is 0.179. The van der Waals surface area contributed by atoms with Gasteiger partial charge in [-0.3, -0.25) is 14.5 Å². The first kappa shape index (κ1) is 24.0. The molecular weight excluding hydrogens is 496 g/mol. The van der Waals surface area contributed by atoms with Crippen LogP contribution in [0.2, 0.25) is 5.02 Å². The Hall–Kier alpha value is -3.68. The number of nitrogens with zero attached hydrogens (tertiary/aromatic N) is 2. The SMILES string of the molecule is CCOc1ccc(C(O)=C2C(=O)C(=O)N(c3nc4c(C)cc(C)cc4s3)[C@@H]2c2cccc(Cl)c2)cc1. The van der Waals surface area contributed by atoms with Crippen LogP contribution in [0.3, 0.4) is 0 Å². The van der Waals surface area contributed by atoms with Gasteiger partial charge in [-0.2, -0.15) is 0 Å². The van der Waals surface area contributed by atoms with Crippen molar-refractivity contribution in [1.29, 1.82) is 0 Å². The number of hydrogen-bond donors (Lipinski definition) is 1. The molecule has 1 fully saturated rings. The van der Waals surface area contributed by atoms with Crippen molar-refractivity contribution in [3.05, 3.63) is 93.5 Å². The molecule has 36 heavy (non-hydrogen) atoms. The summed E-state index contributed by atoms with van der Waals surface area (Å²) in [4.78, 5) is 32.9. The lowest BCUT2D eigenvalue weighted by atomic mass is 9.95. The van der Waals surface area contributed by atoms with E-state index in [1.165, 1.54) is 16.2 Å². The summed E-state index contributed by atoms with van der Waals surface area (Å²) in [5.74, 6) is -1.16. The van der Waals surface area contributed by atoms with Gasteiger partial charge in [0.25, 0.3) is 5.78 Å². The molecule has 0 saturated carbocycles. The lowest BCUT2D eigenvalue weighted by molar-refractivity contribution is -0.132. The molecule has 6 nitrogen and oxygen atoms in total. The molecule has 8 heteroatoms. The molecule has 1 saturated heterocycles. The van der Waals surface area contributed by atoms with Crippen molar-refractivity contribution in [3.63, 3.8) is 0 Å². The van der Waals surface area contributed by atoms with Gasteiger partial charge in [0.15, 0.2) is 5.13 Å². The number of thiazole rings is 1. The molecule has 0 unspecified atom stereocenters. The van der Waals surface area contributed by atoms with Crippen molar-refractivity contribution in [3.8, 4) is 5.75 Å². The van der Waals surface area contributed by atoms with E-state index in [1.807, 2.05) is 32.9 Å². The van der Waals surface area contributed by atoms with Gasteiger partial charge in [0.2, 0.25) is 0 Å². The number of aryl methyl sites for hydroxylation is 2. The Bertz CT molecular complexity index is 1540. The monoisotopic (exact) mass is 518 g/mol. The Morgan fingerprint density at radius 2 is 1.86 bits per heavy atom. The summed E-state index contributed by atoms with van der Waals surface area (Å²) in [7, 11) is 0. The summed E-state index contributed by atoms with van der Waals surface area (Å²) in [5.41, 5.74) is 3.83. The number of Topliss-reactive ketones (excluding diaryl/α,β-unsaturated/α-hetero) is 1. The van der Waals surface area contributed by atoms with Gasteiger partial charge >= 0.3 is 5.91 Å². The third-order valence-corrected chi connectivity index (χ3v) is 7.31. The van der Waals surface area contributed by atoms with Gasteiger partial charge in [-0.1, -0.05) is 41.1 Å². The van der Waals surface area contributed by atoms with Crippen molar-refractivity contribution in [2.75, 3.05) is 11.5 Å². The number of aliphatic hydroxyl groups is 1. The average Bonchev–Trinajstić information content (AvgIpc) is 3.38. The number of hydrogen-bond acceptors (Lipinski definition) is 6. The number of amides is 1. The van der Waals surface area contributed by atoms with Crippen LogP contribution in [-0.2, 0) is 9.59 Å². The summed E-state index contributed by atoms with van der Waals surface area (Å²) >= 11 is 7.63. The van der Waals surface area contributed by atoms with E-state index in [-0.39, 0.29) is 11.3 Å². The molecule has 1 aliphatic heterocycles. The third-order valence-electron chi connectivity index (χ3n) is 6.07. The van der Waals surface area contributed by atoms with Crippen LogP contribution in [0.1, 0.15) is 35.2 Å². The largest absolute Gasteiger partial charge is 0.507 e. The minimum Gasteiger partial charge on any atom is -0.507 e. The Labute approximate surface area is 217 Å². The van der Waals surface area contributed by atoms with E-state index < -0.39 is 17.7 Å². The normalized spacial score (nSPS) is 17.2. The van der Waals surface area contributed by atoms with Crippen LogP contribution in [0.25, 0.3) is 16.0 Å². The highest BCUT2D eigenvalue weighted by atomic mass is 35.5. The molecule has 2 heterocycles. The van der Waals surface area contributed by atoms with E-state index in [9.17, 15) is 14.7 Å². The number of benzene rings is 3. The second kappa shape index (κ2) is 9.41. The second-order valence-corrected chi connectivity index (χ2v) is 10.1. The van der Waals surface area contributed by atoms with E-state index in [0.29, 0.717) is 33.6 Å². The summed E-state index contributed by atoms with van der Waals surface area (Å²) in [6.07, 6.45) is 0. The van der Waals surface area contributed by atoms with Crippen LogP contribution >= 0.6 is 22.9 Å². The molecule has 0 spiro atoms. The van der Waals surface area contributed by atoms with Crippen molar-refractivity contribution in [2.24, 2.45) is 0 Å². The van der Waals surface area contributed by atoms with Crippen LogP contribution in [0.15, 0.2) is 66.2 Å². The Morgan fingerprint density at radius 3 is 2.56 bits per heavy atom. The van der Waals surface area contributed by atoms with Crippen LogP contribution in [0.4, 0.5) is 5.13 Å². The molecular formula is C28H23ClN2O4S. The van der Waals surface area contributed by atoms with E-state index in [1.54, 1.807) is 48.5 Å². The molecule has 4 aromatic rings. The van der Waals surface area contributed by atoms with Gasteiger partial charge in [-0.25, -0.2) is 4.98 Å². The fourth-order valence-corrected chi connectivity index (χ4v) is 5.88. The molecule has 1 amide bonds. The van der Waals surface area contributed by atoms with Gasteiger partial charge in [-0.05, 0) is 79.9 Å². The number of ether oxygens (including phenoxy) is 1. The maximum Gasteiger partial charge on any atom is 0.301 e. The maximum atomic E-state index is 13.4. The molecule has 0 aliphatic carbocycles. The zero-order valence-corrected chi connectivity index (χ0v) is 21.5. The van der Waals surface area contributed by atoms with E-state index in [2.05, 4.69) is 0 Å². The summed E-state index contributed by atoms with van der Waals surface area (Å²) in [6, 6.07) is 16.8. The summed E-state index contributed by atoms with van der Waals surface area (Å²) in [5, 5.41) is 12.1. The topological polar surface area (TPSA) is 79.7 Å². The molecule has 182 valence electrons. The maximum absolute atomic E-state index is 13.4. The second-order valence-electron chi connectivity index (χ2n) is 8.61. The van der Waals surface area contributed by atoms with Crippen molar-refractivity contribution in [2.45, 2.75) is 26.8 Å². The summed E-state index contributed by atoms with van der Waals surface area (Å²) in [6.45, 7) is 6.35. The fourth-order valence-electron chi connectivity index (χ4n) is 4.52. The summed E-state index contributed by atoms with van der Waals surface area (Å²) < 4.78 is 6.40. The molecule has 1 atom stereocenters. The molecule has 5 rings (SSSR count). The number of anilines is 1. The lowest BCUT2D eigenvalue weighted by Crippen LogP contribution is -2.29. The Balaban J connectivity index is 1.70. The third kappa shape index (κ3) is 4.14. The molecule has 0 bridgehead atoms. The van der Waals surface area contributed by atoms with E-state index >= 15 is 0 Å². The highest BCUT2D eigenvalue weighted by Crippen LogP contribution is 2.45. The number of carbonyl (C=O) groups is 2. The predicted octanol–water partition coefficient (Wildman–Crippen LogP) is 6.59. The number of fused-ring (bicyclic) bond motifs is 1. The number of rotatable bonds is 5. The van der Waals surface area contributed by atoms with Crippen molar-refractivity contribution >= 4 is 55.7 Å². The molecule has 1 aromatic heterocycles. The molecule has 1 aliphatic rings. The van der Waals surface area contributed by atoms with Crippen molar-refractivity contribution < 1.29 is 19.4 Å². The molecule has 0 radical (unpaired) electrons. The van der Waals surface area contributed by atoms with Gasteiger partial charge in [0.1, 0.15) is 11.5 Å². The number of aromatic nitrogens is 1. The lowest BCUT2D eigenvalue weighted by Gasteiger charge is -2.23. The van der Waals surface area contributed by atoms with Crippen LogP contribution in [0.5, 0.6) is 5.75 Å². The highest BCUT2D eigenvalue weighted by molar-refractivity contribution is 7.22. The zero-order valence-electron chi connectivity index (χ0n) is 19.9. The number of ketones is 1. The molecule has 1 N–H and O–H groups in total. The number of carbonyl (C=O) groups excluding carboxylic acids is 2. The van der Waals surface area contributed by atoms with Gasteiger partial charge < -0.3 is 9.84 Å². The van der Waals surface area contributed by atoms with Crippen LogP contribution < -0.4 is 9.64 Å². The number of aliphatic hydroxyl groups excluding tert-OH is 1. The zero-order chi connectivity index (χ0) is 25.6. The molecule has 3 aromatic carbocycles. The first-order valence-corrected chi connectivity index (χ1v) is 12.7. The minimum atomic E-state index is -0.891. The quantitative estimate of drug-likeness (QED) is 0.183. The van der Waals surface area contributed by atoms with Crippen LogP contribution in [-0.4, -0.2) is 28.4 Å². The van der Waals surface area contributed by atoms with Crippen LogP contribution in [0, 0.1) is 13.8 Å². The minimum absolute atomic E-state index is 0.0152. The standard InChI is InChI=1S/C28H23ClN2O4S/c1-4-35-20-10-8-17(9-11-20)25(32)22-24(18-6-5-7-19(29)14-18)31(27(34)26(22)33)28-30-23-16(3)12-15(2)13-21(23)36-28/h5-14,24,32H,4H2,1-3H3/t24-/m1/s1. The van der Waals surface area contributed by atoms with Gasteiger partial charge in [0, 0.05) is 10.6 Å². The first-order valence-electron chi connectivity index (χ1n) is 11.5. The Morgan fingerprint density at radius 1 is 1.11 bits per heavy atom. The van der Waals surface area contributed by atoms with Gasteiger partial charge in [0.05, 0.1) is 28.4 Å². The van der Waals surface area contributed by atoms with Crippen molar-refractivity contribution in [1.82, 2.24) is 4.98 Å². The van der Waals surface area contributed by atoms with E-state index in [0.717, 1.165) is 21.3 Å². The average molecular weight is 519 g/mol. The van der Waals surface area contributed by atoms with Gasteiger partial charge in [-0.15, -0.1) is 0 Å².